The van der Waals surface area contributed by atoms with Gasteiger partial charge in [0.1, 0.15) is 11.2 Å². The van der Waals surface area contributed by atoms with E-state index in [0.717, 1.165) is 61.3 Å². The maximum absolute atomic E-state index is 6.12. The van der Waals surface area contributed by atoms with Gasteiger partial charge in [-0.1, -0.05) is 152 Å². The van der Waals surface area contributed by atoms with E-state index < -0.39 is 0 Å². The Hall–Kier alpha value is -7.62. The number of furan rings is 1. The zero-order chi connectivity index (χ0) is 37.7. The van der Waals surface area contributed by atoms with Crippen molar-refractivity contribution < 1.29 is 4.42 Å². The number of anilines is 3. The fraction of sp³-hybridized carbons (Fsp3) is 0. The van der Waals surface area contributed by atoms with Crippen LogP contribution in [0.3, 0.4) is 0 Å². The van der Waals surface area contributed by atoms with Crippen LogP contribution in [0.1, 0.15) is 0 Å². The topological polar surface area (TPSA) is 21.3 Å². The highest BCUT2D eigenvalue weighted by atomic mass is 16.3. The summed E-state index contributed by atoms with van der Waals surface area (Å²) in [6.45, 7) is 0. The third-order valence-electron chi connectivity index (χ3n) is 11.2. The number of benzene rings is 9. The predicted octanol–water partition coefficient (Wildman–Crippen LogP) is 15.2. The molecule has 0 radical (unpaired) electrons. The Morgan fingerprint density at radius 1 is 0.333 bits per heavy atom. The molecule has 0 fully saturated rings. The van der Waals surface area contributed by atoms with Gasteiger partial charge in [0.2, 0.25) is 0 Å². The van der Waals surface area contributed by atoms with Crippen LogP contribution in [0.5, 0.6) is 0 Å². The average Bonchev–Trinajstić information content (AvgIpc) is 3.83. The molecular weight excluding hydrogens is 693 g/mol. The van der Waals surface area contributed by atoms with Crippen molar-refractivity contribution in [2.75, 3.05) is 4.90 Å². The second-order valence-corrected chi connectivity index (χ2v) is 14.5. The summed E-state index contributed by atoms with van der Waals surface area (Å²) in [5.74, 6) is 0. The molecule has 3 heteroatoms. The SMILES string of the molecule is c1ccc(-c2ccc(N(c3ccc4c5ccccc5n(-c5ccc(-c6ccc7oc8ccccc8c7c6)cc5)c4c3)c3ccccc3-c3ccccc3)cc2)cc1. The third kappa shape index (κ3) is 5.68. The molecule has 3 nitrogen and oxygen atoms in total. The number of nitrogens with zero attached hydrogens (tertiary/aromatic N) is 2. The molecule has 0 aliphatic heterocycles. The Morgan fingerprint density at radius 3 is 1.70 bits per heavy atom. The zero-order valence-corrected chi connectivity index (χ0v) is 31.1. The number of fused-ring (bicyclic) bond motifs is 6. The van der Waals surface area contributed by atoms with E-state index in [-0.39, 0.29) is 0 Å². The summed E-state index contributed by atoms with van der Waals surface area (Å²) in [4.78, 5) is 2.40. The maximum Gasteiger partial charge on any atom is 0.135 e. The summed E-state index contributed by atoms with van der Waals surface area (Å²) in [5, 5.41) is 4.71. The van der Waals surface area contributed by atoms with E-state index in [1.807, 2.05) is 12.1 Å². The number of para-hydroxylation sites is 3. The molecule has 0 atom stereocenters. The van der Waals surface area contributed by atoms with Crippen LogP contribution in [0.15, 0.2) is 223 Å². The van der Waals surface area contributed by atoms with Crippen LogP contribution in [0.2, 0.25) is 0 Å². The van der Waals surface area contributed by atoms with Crippen molar-refractivity contribution in [1.29, 1.82) is 0 Å². The Balaban J connectivity index is 1.06. The van der Waals surface area contributed by atoms with Crippen LogP contribution >= 0.6 is 0 Å². The van der Waals surface area contributed by atoms with Gasteiger partial charge in [-0.2, -0.15) is 0 Å². The molecule has 11 aromatic rings. The normalized spacial score (nSPS) is 11.5. The van der Waals surface area contributed by atoms with Crippen LogP contribution in [0.25, 0.3) is 82.8 Å². The smallest absolute Gasteiger partial charge is 0.135 e. The molecule has 57 heavy (non-hydrogen) atoms. The number of hydrogen-bond donors (Lipinski definition) is 0. The summed E-state index contributed by atoms with van der Waals surface area (Å²) in [7, 11) is 0. The monoisotopic (exact) mass is 728 g/mol. The summed E-state index contributed by atoms with van der Waals surface area (Å²) >= 11 is 0. The quantitative estimate of drug-likeness (QED) is 0.163. The van der Waals surface area contributed by atoms with Gasteiger partial charge < -0.3 is 13.9 Å². The Kier molecular flexibility index (Phi) is 7.82. The Morgan fingerprint density at radius 2 is 0.895 bits per heavy atom. The van der Waals surface area contributed by atoms with Gasteiger partial charge in [0.25, 0.3) is 0 Å². The number of aromatic nitrogens is 1. The van der Waals surface area contributed by atoms with Gasteiger partial charge in [0.05, 0.1) is 16.7 Å². The predicted molar refractivity (Wildman–Crippen MR) is 239 cm³/mol. The average molecular weight is 729 g/mol. The van der Waals surface area contributed by atoms with Crippen LogP contribution in [-0.2, 0) is 0 Å². The molecule has 2 aromatic heterocycles. The molecule has 0 bridgehead atoms. The van der Waals surface area contributed by atoms with Crippen LogP contribution in [0, 0.1) is 0 Å². The highest BCUT2D eigenvalue weighted by molar-refractivity contribution is 6.11. The molecule has 0 aliphatic rings. The lowest BCUT2D eigenvalue weighted by molar-refractivity contribution is 0.669. The molecule has 268 valence electrons. The van der Waals surface area contributed by atoms with Gasteiger partial charge in [-0.15, -0.1) is 0 Å². The third-order valence-corrected chi connectivity index (χ3v) is 11.2. The van der Waals surface area contributed by atoms with Gasteiger partial charge in [-0.25, -0.2) is 0 Å². The molecule has 9 aromatic carbocycles. The van der Waals surface area contributed by atoms with Gasteiger partial charge in [0, 0.05) is 44.2 Å². The fourth-order valence-electron chi connectivity index (χ4n) is 8.48. The molecule has 0 amide bonds. The number of hydrogen-bond acceptors (Lipinski definition) is 2. The molecule has 0 spiro atoms. The first kappa shape index (κ1) is 32.8. The number of rotatable bonds is 7. The molecule has 0 aliphatic carbocycles. The Bertz CT molecular complexity index is 3210. The van der Waals surface area contributed by atoms with Gasteiger partial charge in [0.15, 0.2) is 0 Å². The second-order valence-electron chi connectivity index (χ2n) is 14.5. The van der Waals surface area contributed by atoms with E-state index in [1.54, 1.807) is 0 Å². The first-order valence-electron chi connectivity index (χ1n) is 19.4. The van der Waals surface area contributed by atoms with Gasteiger partial charge in [-0.05, 0) is 94.5 Å². The fourth-order valence-corrected chi connectivity index (χ4v) is 8.48. The molecule has 11 rings (SSSR count). The van der Waals surface area contributed by atoms with Gasteiger partial charge >= 0.3 is 0 Å². The largest absolute Gasteiger partial charge is 0.456 e. The lowest BCUT2D eigenvalue weighted by Gasteiger charge is -2.28. The standard InChI is InChI=1S/C54H36N2O/c1-3-13-37(14-4-1)38-23-28-42(29-24-38)55(50-20-10-7-17-45(50)40-15-5-2-6-16-40)44-32-33-47-46-18-8-11-21-51(46)56(52(47)36-44)43-30-25-39(26-31-43)41-27-34-54-49(35-41)48-19-9-12-22-53(48)57-54/h1-36H. The van der Waals surface area contributed by atoms with Crippen molar-refractivity contribution in [3.63, 3.8) is 0 Å². The van der Waals surface area contributed by atoms with Crippen molar-refractivity contribution in [3.05, 3.63) is 218 Å². The maximum atomic E-state index is 6.12. The van der Waals surface area contributed by atoms with Crippen LogP contribution in [0.4, 0.5) is 17.1 Å². The highest BCUT2D eigenvalue weighted by Crippen LogP contribution is 2.44. The van der Waals surface area contributed by atoms with Crippen molar-refractivity contribution >= 4 is 60.8 Å². The molecule has 0 unspecified atom stereocenters. The van der Waals surface area contributed by atoms with Crippen molar-refractivity contribution in [2.24, 2.45) is 0 Å². The van der Waals surface area contributed by atoms with Crippen LogP contribution < -0.4 is 4.90 Å². The van der Waals surface area contributed by atoms with E-state index in [9.17, 15) is 0 Å². The molecule has 2 heterocycles. The van der Waals surface area contributed by atoms with Crippen molar-refractivity contribution in [2.45, 2.75) is 0 Å². The van der Waals surface area contributed by atoms with E-state index in [1.165, 1.54) is 38.5 Å². The molecule has 0 saturated heterocycles. The molecule has 0 N–H and O–H groups in total. The minimum atomic E-state index is 0.908. The van der Waals surface area contributed by atoms with E-state index in [0.29, 0.717) is 0 Å². The van der Waals surface area contributed by atoms with Crippen LogP contribution in [-0.4, -0.2) is 4.57 Å². The van der Waals surface area contributed by atoms with E-state index in [4.69, 9.17) is 4.42 Å². The minimum Gasteiger partial charge on any atom is -0.456 e. The lowest BCUT2D eigenvalue weighted by atomic mass is 10.0. The Labute approximate surface area is 330 Å². The molecule has 0 saturated carbocycles. The van der Waals surface area contributed by atoms with E-state index in [2.05, 4.69) is 216 Å². The van der Waals surface area contributed by atoms with Crippen molar-refractivity contribution in [3.8, 4) is 39.1 Å². The summed E-state index contributed by atoms with van der Waals surface area (Å²) in [6.07, 6.45) is 0. The van der Waals surface area contributed by atoms with E-state index >= 15 is 0 Å². The highest BCUT2D eigenvalue weighted by Gasteiger charge is 2.20. The summed E-state index contributed by atoms with van der Waals surface area (Å²) < 4.78 is 8.53. The second kappa shape index (κ2) is 13.6. The lowest BCUT2D eigenvalue weighted by Crippen LogP contribution is -2.11. The minimum absolute atomic E-state index is 0.908. The molecular formula is C54H36N2O. The zero-order valence-electron chi connectivity index (χ0n) is 31.1. The van der Waals surface area contributed by atoms with Gasteiger partial charge in [-0.3, -0.25) is 0 Å². The first-order valence-corrected chi connectivity index (χ1v) is 19.4. The first-order chi connectivity index (χ1) is 28.3. The summed E-state index contributed by atoms with van der Waals surface area (Å²) in [6, 6.07) is 78.3. The summed E-state index contributed by atoms with van der Waals surface area (Å²) in [5.41, 5.74) is 15.6. The van der Waals surface area contributed by atoms with Crippen molar-refractivity contribution in [1.82, 2.24) is 4.57 Å².